The van der Waals surface area contributed by atoms with Gasteiger partial charge in [-0.05, 0) is 36.0 Å². The largest absolute Gasteiger partial charge is 0.351 e. The number of benzene rings is 1. The quantitative estimate of drug-likeness (QED) is 0.715. The van der Waals surface area contributed by atoms with Gasteiger partial charge in [0.25, 0.3) is 0 Å². The number of hydrogen-bond donors (Lipinski definition) is 0. The lowest BCUT2D eigenvalue weighted by Crippen LogP contribution is -2.48. The molecule has 2 aliphatic rings. The van der Waals surface area contributed by atoms with Gasteiger partial charge in [-0.3, -0.25) is 0 Å². The fraction of sp³-hybridized carbons (Fsp3) is 0.467. The van der Waals surface area contributed by atoms with Crippen molar-refractivity contribution in [3.63, 3.8) is 0 Å². The third-order valence-electron chi connectivity index (χ3n) is 4.32. The molecule has 7 nitrogen and oxygen atoms in total. The molecular formula is C15H19N7. The first-order chi connectivity index (χ1) is 10.7. The van der Waals surface area contributed by atoms with E-state index < -0.39 is 0 Å². The van der Waals surface area contributed by atoms with Crippen LogP contribution in [0.5, 0.6) is 0 Å². The summed E-state index contributed by atoms with van der Waals surface area (Å²) in [6.45, 7) is 6.71. The van der Waals surface area contributed by atoms with Gasteiger partial charge in [-0.25, -0.2) is 9.67 Å². The lowest BCUT2D eigenvalue weighted by Gasteiger charge is -2.33. The monoisotopic (exact) mass is 297 g/mol. The van der Waals surface area contributed by atoms with Crippen LogP contribution in [-0.4, -0.2) is 69.1 Å². The highest BCUT2D eigenvalue weighted by molar-refractivity contribution is 5.98. The van der Waals surface area contributed by atoms with Crippen molar-refractivity contribution in [2.45, 2.75) is 13.5 Å². The second kappa shape index (κ2) is 5.17. The molecule has 1 fully saturated rings. The molecule has 0 spiro atoms. The van der Waals surface area contributed by atoms with E-state index in [-0.39, 0.29) is 0 Å². The first-order valence-corrected chi connectivity index (χ1v) is 7.59. The van der Waals surface area contributed by atoms with Crippen molar-refractivity contribution in [2.75, 3.05) is 33.2 Å². The van der Waals surface area contributed by atoms with Gasteiger partial charge in [0.05, 0.1) is 12.2 Å². The van der Waals surface area contributed by atoms with Crippen LogP contribution in [0.2, 0.25) is 0 Å². The van der Waals surface area contributed by atoms with Crippen molar-refractivity contribution in [3.8, 4) is 0 Å². The topological polar surface area (TPSA) is 62.4 Å². The minimum atomic E-state index is 0.667. The number of aliphatic imine (C=N–C) groups is 1. The zero-order valence-corrected chi connectivity index (χ0v) is 12.9. The van der Waals surface area contributed by atoms with Crippen LogP contribution < -0.4 is 0 Å². The maximum absolute atomic E-state index is 4.90. The summed E-state index contributed by atoms with van der Waals surface area (Å²) in [6.07, 6.45) is 0. The molecular weight excluding hydrogens is 278 g/mol. The van der Waals surface area contributed by atoms with Crippen molar-refractivity contribution in [1.29, 1.82) is 0 Å². The molecule has 4 rings (SSSR count). The Labute approximate surface area is 129 Å². The molecule has 0 amide bonds. The fourth-order valence-corrected chi connectivity index (χ4v) is 2.98. The number of amidine groups is 1. The van der Waals surface area contributed by atoms with Gasteiger partial charge in [0.1, 0.15) is 0 Å². The number of fused-ring (bicyclic) bond motifs is 2. The maximum Gasteiger partial charge on any atom is 0.218 e. The van der Waals surface area contributed by atoms with Crippen LogP contribution >= 0.6 is 0 Å². The molecule has 114 valence electrons. The third kappa shape index (κ3) is 2.27. The molecule has 1 aromatic carbocycles. The molecule has 0 bridgehead atoms. The van der Waals surface area contributed by atoms with Gasteiger partial charge in [0.15, 0.2) is 5.84 Å². The fourth-order valence-electron chi connectivity index (χ4n) is 2.98. The Morgan fingerprint density at radius 2 is 1.91 bits per heavy atom. The molecule has 0 N–H and O–H groups in total. The summed E-state index contributed by atoms with van der Waals surface area (Å²) in [4.78, 5) is 9.52. The lowest BCUT2D eigenvalue weighted by atomic mass is 10.1. The van der Waals surface area contributed by atoms with Crippen LogP contribution in [0.4, 0.5) is 5.69 Å². The van der Waals surface area contributed by atoms with Crippen LogP contribution in [0.25, 0.3) is 0 Å². The molecule has 0 radical (unpaired) electrons. The number of likely N-dealkylation sites (N-methyl/N-ethyl adjacent to an activating group) is 1. The van der Waals surface area contributed by atoms with Crippen LogP contribution in [-0.2, 0) is 6.54 Å². The summed E-state index contributed by atoms with van der Waals surface area (Å²) in [5.74, 6) is 1.65. The molecule has 3 heterocycles. The molecule has 0 aliphatic carbocycles. The smallest absolute Gasteiger partial charge is 0.218 e. The Morgan fingerprint density at radius 1 is 1.09 bits per heavy atom. The molecule has 2 aliphatic heterocycles. The Balaban J connectivity index is 1.79. The van der Waals surface area contributed by atoms with Crippen molar-refractivity contribution in [2.24, 2.45) is 4.99 Å². The van der Waals surface area contributed by atoms with E-state index in [0.717, 1.165) is 49.1 Å². The summed E-state index contributed by atoms with van der Waals surface area (Å²) >= 11 is 0. The summed E-state index contributed by atoms with van der Waals surface area (Å²) in [7, 11) is 2.15. The number of aromatic nitrogens is 4. The first-order valence-electron chi connectivity index (χ1n) is 7.59. The van der Waals surface area contributed by atoms with Gasteiger partial charge in [-0.1, -0.05) is 17.7 Å². The van der Waals surface area contributed by atoms with Gasteiger partial charge in [0, 0.05) is 26.2 Å². The second-order valence-electron chi connectivity index (χ2n) is 6.02. The maximum atomic E-state index is 4.90. The predicted octanol–water partition coefficient (Wildman–Crippen LogP) is 0.669. The predicted molar refractivity (Wildman–Crippen MR) is 83.4 cm³/mol. The zero-order chi connectivity index (χ0) is 15.1. The van der Waals surface area contributed by atoms with Crippen LogP contribution in [0, 0.1) is 6.92 Å². The Hall–Kier alpha value is -2.28. The summed E-state index contributed by atoms with van der Waals surface area (Å²) in [5.41, 5.74) is 3.40. The molecule has 0 unspecified atom stereocenters. The lowest BCUT2D eigenvalue weighted by molar-refractivity contribution is 0.215. The molecule has 0 saturated carbocycles. The van der Waals surface area contributed by atoms with E-state index in [9.17, 15) is 0 Å². The molecule has 0 atom stereocenters. The van der Waals surface area contributed by atoms with Gasteiger partial charge < -0.3 is 9.80 Å². The van der Waals surface area contributed by atoms with E-state index in [1.54, 1.807) is 0 Å². The number of hydrogen-bond acceptors (Lipinski definition) is 6. The summed E-state index contributed by atoms with van der Waals surface area (Å²) in [6, 6.07) is 6.35. The number of rotatable bonds is 0. The van der Waals surface area contributed by atoms with Crippen LogP contribution in [0.3, 0.4) is 0 Å². The number of nitrogens with zero attached hydrogens (tertiary/aromatic N) is 7. The highest BCUT2D eigenvalue weighted by Gasteiger charge is 2.26. The van der Waals surface area contributed by atoms with E-state index in [4.69, 9.17) is 4.99 Å². The standard InChI is InChI=1S/C15H19N7/c1-11-3-4-13-12(9-11)10-22-15(17-18-19-22)14(16-13)21-7-5-20(2)6-8-21/h3-4,9H,5-8,10H2,1-2H3. The zero-order valence-electron chi connectivity index (χ0n) is 12.9. The third-order valence-corrected chi connectivity index (χ3v) is 4.32. The van der Waals surface area contributed by atoms with Crippen LogP contribution in [0.15, 0.2) is 23.2 Å². The van der Waals surface area contributed by atoms with E-state index >= 15 is 0 Å². The minimum absolute atomic E-state index is 0.667. The van der Waals surface area contributed by atoms with Crippen molar-refractivity contribution in [3.05, 3.63) is 35.2 Å². The number of tetrazole rings is 1. The van der Waals surface area contributed by atoms with Gasteiger partial charge in [-0.15, -0.1) is 5.10 Å². The second-order valence-corrected chi connectivity index (χ2v) is 6.02. The number of piperazine rings is 1. The summed E-state index contributed by atoms with van der Waals surface area (Å²) < 4.78 is 1.85. The molecule has 22 heavy (non-hydrogen) atoms. The molecule has 1 aromatic heterocycles. The average Bonchev–Trinajstić information content (AvgIpc) is 2.90. The Bertz CT molecular complexity index is 725. The molecule has 1 saturated heterocycles. The first kappa shape index (κ1) is 13.4. The van der Waals surface area contributed by atoms with Crippen LogP contribution in [0.1, 0.15) is 17.0 Å². The van der Waals surface area contributed by atoms with Gasteiger partial charge in [-0.2, -0.15) is 0 Å². The Morgan fingerprint density at radius 3 is 2.73 bits per heavy atom. The summed E-state index contributed by atoms with van der Waals surface area (Å²) in [5, 5.41) is 12.2. The average molecular weight is 297 g/mol. The van der Waals surface area contributed by atoms with E-state index in [0.29, 0.717) is 6.54 Å². The van der Waals surface area contributed by atoms with Crippen molar-refractivity contribution < 1.29 is 0 Å². The van der Waals surface area contributed by atoms with E-state index in [1.807, 2.05) is 4.68 Å². The minimum Gasteiger partial charge on any atom is -0.351 e. The SMILES string of the molecule is Cc1ccc2c(c1)Cn1nnnc1C(N1CCN(C)CC1)=N2. The van der Waals surface area contributed by atoms with E-state index in [2.05, 4.69) is 57.5 Å². The van der Waals surface area contributed by atoms with Crippen molar-refractivity contribution in [1.82, 2.24) is 30.0 Å². The molecule has 7 heteroatoms. The Kier molecular flexibility index (Phi) is 3.15. The van der Waals surface area contributed by atoms with E-state index in [1.165, 1.54) is 5.56 Å². The van der Waals surface area contributed by atoms with Gasteiger partial charge in [0.2, 0.25) is 5.82 Å². The highest BCUT2D eigenvalue weighted by atomic mass is 15.6. The normalized spacial score (nSPS) is 18.5. The molecule has 2 aromatic rings. The highest BCUT2D eigenvalue weighted by Crippen LogP contribution is 2.26. The number of aryl methyl sites for hydroxylation is 1. The van der Waals surface area contributed by atoms with Crippen molar-refractivity contribution >= 4 is 11.5 Å². The van der Waals surface area contributed by atoms with Gasteiger partial charge >= 0.3 is 0 Å².